The Morgan fingerprint density at radius 3 is 2.33 bits per heavy atom. The van der Waals surface area contributed by atoms with E-state index >= 15 is 0 Å². The summed E-state index contributed by atoms with van der Waals surface area (Å²) >= 11 is 1.71. The van der Waals surface area contributed by atoms with E-state index in [1.165, 1.54) is 6.92 Å². The molecule has 0 saturated carbocycles. The highest BCUT2D eigenvalue weighted by Crippen LogP contribution is 2.42. The number of ether oxygens (including phenoxy) is 2. The molecule has 1 unspecified atom stereocenters. The van der Waals surface area contributed by atoms with Crippen LogP contribution in [0.5, 0.6) is 5.75 Å². The van der Waals surface area contributed by atoms with Crippen molar-refractivity contribution >= 4 is 22.9 Å². The first kappa shape index (κ1) is 21.6. The molecule has 0 spiro atoms. The summed E-state index contributed by atoms with van der Waals surface area (Å²) in [4.78, 5) is 12.1. The van der Waals surface area contributed by atoms with E-state index in [1.807, 2.05) is 84.4 Å². The molecule has 154 valence electrons. The smallest absolute Gasteiger partial charge is 0.341 e. The van der Waals surface area contributed by atoms with Crippen molar-refractivity contribution in [2.24, 2.45) is 0 Å². The Balaban J connectivity index is 0.000000448. The molecule has 0 bridgehead atoms. The molecule has 0 radical (unpaired) electrons. The molecule has 2 heterocycles. The minimum Gasteiger partial charge on any atom is -0.488 e. The van der Waals surface area contributed by atoms with Gasteiger partial charge in [0, 0.05) is 18.1 Å². The number of allylic oxidation sites excluding steroid dienone is 1. The summed E-state index contributed by atoms with van der Waals surface area (Å²) in [6.45, 7) is 3.66. The van der Waals surface area contributed by atoms with E-state index < -0.39 is 11.8 Å². The third-order valence-corrected chi connectivity index (χ3v) is 5.03. The first-order valence-electron chi connectivity index (χ1n) is 9.59. The van der Waals surface area contributed by atoms with Crippen LogP contribution in [0.1, 0.15) is 25.0 Å². The fourth-order valence-corrected chi connectivity index (χ4v) is 3.57. The van der Waals surface area contributed by atoms with Crippen LogP contribution >= 0.6 is 11.3 Å². The number of para-hydroxylation sites is 1. The van der Waals surface area contributed by atoms with Gasteiger partial charge in [0.1, 0.15) is 12.4 Å². The highest BCUT2D eigenvalue weighted by Gasteiger charge is 2.43. The van der Waals surface area contributed by atoms with Gasteiger partial charge in [0.25, 0.3) is 0 Å². The standard InChI is InChI=1S/C21H20O4.C4H4S/c1-3-9-17-19(21(2,23)25-20(17)22)16-12-7-8-13-18(16)24-14-15-10-5-4-6-11-15;1-2-4-5-3-1/h3-13,23H,14H2,1-2H3;1-4H/b9-3+;. The summed E-state index contributed by atoms with van der Waals surface area (Å²) in [5.41, 5.74) is 2.43. The van der Waals surface area contributed by atoms with Gasteiger partial charge in [0.05, 0.1) is 5.57 Å². The van der Waals surface area contributed by atoms with E-state index in [2.05, 4.69) is 0 Å². The Kier molecular flexibility index (Phi) is 7.22. The largest absolute Gasteiger partial charge is 0.488 e. The van der Waals surface area contributed by atoms with Gasteiger partial charge in [0.2, 0.25) is 5.79 Å². The summed E-state index contributed by atoms with van der Waals surface area (Å²) in [5.74, 6) is -1.66. The third kappa shape index (κ3) is 5.26. The van der Waals surface area contributed by atoms with Crippen molar-refractivity contribution in [2.75, 3.05) is 0 Å². The number of thiophene rings is 1. The van der Waals surface area contributed by atoms with E-state index in [0.29, 0.717) is 29.1 Å². The minimum atomic E-state index is -1.70. The zero-order valence-electron chi connectivity index (χ0n) is 16.9. The Morgan fingerprint density at radius 2 is 1.70 bits per heavy atom. The van der Waals surface area contributed by atoms with E-state index in [-0.39, 0.29) is 0 Å². The van der Waals surface area contributed by atoms with Crippen molar-refractivity contribution in [2.45, 2.75) is 26.2 Å². The molecule has 0 fully saturated rings. The number of carbonyl (C=O) groups is 1. The summed E-state index contributed by atoms with van der Waals surface area (Å²) in [5, 5.41) is 14.7. The van der Waals surface area contributed by atoms with E-state index in [1.54, 1.807) is 23.5 Å². The number of carbonyl (C=O) groups excluding carboxylic acids is 1. The molecule has 1 atom stereocenters. The van der Waals surface area contributed by atoms with Gasteiger partial charge in [-0.1, -0.05) is 72.8 Å². The number of hydrogen-bond donors (Lipinski definition) is 1. The molecule has 1 aliphatic heterocycles. The highest BCUT2D eigenvalue weighted by molar-refractivity contribution is 7.07. The minimum absolute atomic E-state index is 0.336. The van der Waals surface area contributed by atoms with Crippen molar-refractivity contribution in [3.8, 4) is 5.75 Å². The maximum Gasteiger partial charge on any atom is 0.341 e. The molecule has 1 aliphatic rings. The number of benzene rings is 2. The molecule has 2 aromatic carbocycles. The number of cyclic esters (lactones) is 1. The van der Waals surface area contributed by atoms with Crippen LogP contribution in [-0.4, -0.2) is 16.9 Å². The Bertz CT molecular complexity index is 1000. The van der Waals surface area contributed by atoms with Crippen LogP contribution in [0.15, 0.2) is 95.2 Å². The first-order chi connectivity index (χ1) is 14.5. The van der Waals surface area contributed by atoms with Gasteiger partial charge in [0.15, 0.2) is 0 Å². The van der Waals surface area contributed by atoms with E-state index in [9.17, 15) is 9.90 Å². The third-order valence-electron chi connectivity index (χ3n) is 4.40. The van der Waals surface area contributed by atoms with Gasteiger partial charge in [-0.3, -0.25) is 0 Å². The molecule has 1 N–H and O–H groups in total. The summed E-state index contributed by atoms with van der Waals surface area (Å²) in [6, 6.07) is 21.2. The van der Waals surface area contributed by atoms with Crippen molar-refractivity contribution in [3.63, 3.8) is 0 Å². The van der Waals surface area contributed by atoms with Crippen molar-refractivity contribution in [3.05, 3.63) is 106 Å². The predicted molar refractivity (Wildman–Crippen MR) is 120 cm³/mol. The maximum absolute atomic E-state index is 12.1. The Morgan fingerprint density at radius 1 is 1.03 bits per heavy atom. The number of esters is 1. The van der Waals surface area contributed by atoms with Crippen LogP contribution in [0.3, 0.4) is 0 Å². The van der Waals surface area contributed by atoms with Crippen molar-refractivity contribution < 1.29 is 19.4 Å². The molecule has 5 heteroatoms. The molecular weight excluding hydrogens is 396 g/mol. The Hall–Kier alpha value is -3.15. The van der Waals surface area contributed by atoms with E-state index in [4.69, 9.17) is 9.47 Å². The SMILES string of the molecule is C/C=C/C1=C(c2ccccc2OCc2ccccc2)C(C)(O)OC1=O.c1ccsc1. The first-order valence-corrected chi connectivity index (χ1v) is 10.5. The van der Waals surface area contributed by atoms with Gasteiger partial charge in [-0.15, -0.1) is 0 Å². The number of rotatable bonds is 5. The molecule has 3 aromatic rings. The lowest BCUT2D eigenvalue weighted by molar-refractivity contribution is -0.170. The molecule has 1 aromatic heterocycles. The topological polar surface area (TPSA) is 55.8 Å². The van der Waals surface area contributed by atoms with E-state index in [0.717, 1.165) is 5.56 Å². The van der Waals surface area contributed by atoms with Crippen LogP contribution in [0.4, 0.5) is 0 Å². The second-order valence-electron chi connectivity index (χ2n) is 6.72. The number of hydrogen-bond acceptors (Lipinski definition) is 5. The van der Waals surface area contributed by atoms with Gasteiger partial charge in [-0.05, 0) is 29.3 Å². The summed E-state index contributed by atoms with van der Waals surface area (Å²) in [7, 11) is 0. The van der Waals surface area contributed by atoms with Gasteiger partial charge in [-0.25, -0.2) is 4.79 Å². The fourth-order valence-electron chi connectivity index (χ4n) is 3.11. The summed E-state index contributed by atoms with van der Waals surface area (Å²) in [6.07, 6.45) is 3.39. The van der Waals surface area contributed by atoms with Gasteiger partial charge < -0.3 is 14.6 Å². The van der Waals surface area contributed by atoms with Crippen LogP contribution in [0.25, 0.3) is 5.57 Å². The molecule has 4 rings (SSSR count). The molecule has 4 nitrogen and oxygen atoms in total. The molecule has 30 heavy (non-hydrogen) atoms. The quantitative estimate of drug-likeness (QED) is 0.545. The van der Waals surface area contributed by atoms with Crippen LogP contribution in [-0.2, 0) is 16.1 Å². The summed E-state index contributed by atoms with van der Waals surface area (Å²) < 4.78 is 11.1. The normalized spacial score (nSPS) is 18.2. The maximum atomic E-state index is 12.1. The van der Waals surface area contributed by atoms with Crippen LogP contribution in [0, 0.1) is 0 Å². The van der Waals surface area contributed by atoms with Gasteiger partial charge in [-0.2, -0.15) is 11.3 Å². The number of aliphatic hydroxyl groups is 1. The Labute approximate surface area is 180 Å². The highest BCUT2D eigenvalue weighted by atomic mass is 32.1. The van der Waals surface area contributed by atoms with Gasteiger partial charge >= 0.3 is 5.97 Å². The lowest BCUT2D eigenvalue weighted by Crippen LogP contribution is -2.26. The fraction of sp³-hybridized carbons (Fsp3) is 0.160. The van der Waals surface area contributed by atoms with Crippen LogP contribution in [0.2, 0.25) is 0 Å². The second-order valence-corrected chi connectivity index (χ2v) is 7.54. The predicted octanol–water partition coefficient (Wildman–Crippen LogP) is 5.61. The molecule has 0 aliphatic carbocycles. The zero-order chi connectivity index (χ0) is 21.4. The lowest BCUT2D eigenvalue weighted by Gasteiger charge is -2.21. The lowest BCUT2D eigenvalue weighted by atomic mass is 9.94. The average molecular weight is 421 g/mol. The molecule has 0 saturated heterocycles. The molecular formula is C25H24O4S. The van der Waals surface area contributed by atoms with Crippen molar-refractivity contribution in [1.29, 1.82) is 0 Å². The van der Waals surface area contributed by atoms with Crippen LogP contribution < -0.4 is 4.74 Å². The second kappa shape index (κ2) is 10.1. The monoisotopic (exact) mass is 420 g/mol. The average Bonchev–Trinajstić information content (AvgIpc) is 3.39. The zero-order valence-corrected chi connectivity index (χ0v) is 17.8. The molecule has 0 amide bonds. The van der Waals surface area contributed by atoms with Crippen molar-refractivity contribution in [1.82, 2.24) is 0 Å².